The smallest absolute Gasteiger partial charge is 0.244 e. The minimum Gasteiger partial charge on any atom is -0.302 e. The molecule has 2 fully saturated rings. The van der Waals surface area contributed by atoms with E-state index >= 15 is 0 Å². The van der Waals surface area contributed by atoms with Crippen molar-refractivity contribution in [3.63, 3.8) is 0 Å². The number of fused-ring (bicyclic) bond motifs is 3. The fourth-order valence-corrected chi connectivity index (χ4v) is 5.30. The van der Waals surface area contributed by atoms with E-state index < -0.39 is 10.0 Å². The molecular formula is C16H21N3O2S. The molecule has 2 bridgehead atoms. The molecule has 0 radical (unpaired) electrons. The summed E-state index contributed by atoms with van der Waals surface area (Å²) in [7, 11) is -1.52. The molecule has 0 aliphatic carbocycles. The van der Waals surface area contributed by atoms with E-state index in [4.69, 9.17) is 0 Å². The van der Waals surface area contributed by atoms with Gasteiger partial charge in [0.1, 0.15) is 6.07 Å². The minimum absolute atomic E-state index is 0.139. The van der Waals surface area contributed by atoms with E-state index in [9.17, 15) is 13.7 Å². The van der Waals surface area contributed by atoms with Crippen LogP contribution in [0, 0.1) is 17.2 Å². The summed E-state index contributed by atoms with van der Waals surface area (Å²) in [5.74, 6) is 0.376. The van der Waals surface area contributed by atoms with E-state index in [1.165, 1.54) is 12.5 Å². The van der Waals surface area contributed by atoms with Crippen molar-refractivity contribution in [2.24, 2.45) is 5.92 Å². The van der Waals surface area contributed by atoms with Crippen LogP contribution in [0.25, 0.3) is 0 Å². The van der Waals surface area contributed by atoms with Crippen molar-refractivity contribution in [3.05, 3.63) is 29.8 Å². The van der Waals surface area contributed by atoms with E-state index in [0.29, 0.717) is 19.0 Å². The van der Waals surface area contributed by atoms with E-state index in [2.05, 4.69) is 11.9 Å². The highest BCUT2D eigenvalue weighted by Crippen LogP contribution is 2.29. The third-order valence-electron chi connectivity index (χ3n) is 4.82. The molecule has 5 nitrogen and oxygen atoms in total. The maximum absolute atomic E-state index is 13.0. The maximum atomic E-state index is 13.0. The lowest BCUT2D eigenvalue weighted by molar-refractivity contribution is 0.236. The molecule has 0 spiro atoms. The molecule has 2 aliphatic heterocycles. The summed E-state index contributed by atoms with van der Waals surface area (Å²) in [5.41, 5.74) is 0.227. The topological polar surface area (TPSA) is 64.4 Å². The second-order valence-corrected chi connectivity index (χ2v) is 8.23. The lowest BCUT2D eigenvalue weighted by atomic mass is 10.0. The van der Waals surface area contributed by atoms with E-state index in [1.807, 2.05) is 6.07 Å². The monoisotopic (exact) mass is 319 g/mol. The quantitative estimate of drug-likeness (QED) is 0.832. The molecule has 0 saturated carbocycles. The first kappa shape index (κ1) is 15.5. The summed E-state index contributed by atoms with van der Waals surface area (Å²) in [4.78, 5) is 2.43. The van der Waals surface area contributed by atoms with Gasteiger partial charge in [-0.1, -0.05) is 18.6 Å². The number of nitrogens with zero attached hydrogens (tertiary/aromatic N) is 3. The Bertz CT molecular complexity index is 696. The average Bonchev–Trinajstić information content (AvgIpc) is 2.75. The Morgan fingerprint density at radius 2 is 1.95 bits per heavy atom. The third kappa shape index (κ3) is 2.76. The van der Waals surface area contributed by atoms with Crippen LogP contribution >= 0.6 is 0 Å². The predicted molar refractivity (Wildman–Crippen MR) is 83.7 cm³/mol. The molecule has 0 N–H and O–H groups in total. The number of likely N-dealkylation sites (N-methyl/N-ethyl adjacent to an activating group) is 1. The number of sulfonamides is 1. The molecule has 2 saturated heterocycles. The second-order valence-electron chi connectivity index (χ2n) is 6.32. The van der Waals surface area contributed by atoms with Crippen LogP contribution in [0.3, 0.4) is 0 Å². The van der Waals surface area contributed by atoms with Gasteiger partial charge in [-0.2, -0.15) is 9.57 Å². The van der Waals surface area contributed by atoms with Crippen molar-refractivity contribution in [2.45, 2.75) is 30.2 Å². The van der Waals surface area contributed by atoms with Crippen LogP contribution in [0.1, 0.15) is 24.8 Å². The number of hydrogen-bond donors (Lipinski definition) is 0. The molecule has 0 unspecified atom stereocenters. The number of benzene rings is 1. The fraction of sp³-hybridized carbons (Fsp3) is 0.562. The Hall–Kier alpha value is -1.42. The van der Waals surface area contributed by atoms with Gasteiger partial charge in [0.25, 0.3) is 0 Å². The van der Waals surface area contributed by atoms with Gasteiger partial charge in [0.05, 0.1) is 10.5 Å². The summed E-state index contributed by atoms with van der Waals surface area (Å²) in [6, 6.07) is 8.76. The summed E-state index contributed by atoms with van der Waals surface area (Å²) in [6.45, 7) is 2.04. The lowest BCUT2D eigenvalue weighted by Gasteiger charge is -2.29. The molecule has 6 heteroatoms. The Balaban J connectivity index is 1.97. The fourth-order valence-electron chi connectivity index (χ4n) is 3.61. The largest absolute Gasteiger partial charge is 0.302 e. The second kappa shape index (κ2) is 5.99. The van der Waals surface area contributed by atoms with Crippen LogP contribution in [0.4, 0.5) is 0 Å². The van der Waals surface area contributed by atoms with Crippen molar-refractivity contribution in [1.82, 2.24) is 9.21 Å². The highest BCUT2D eigenvalue weighted by atomic mass is 32.2. The van der Waals surface area contributed by atoms with Gasteiger partial charge in [-0.15, -0.1) is 0 Å². The molecule has 1 aromatic rings. The van der Waals surface area contributed by atoms with Gasteiger partial charge in [0.15, 0.2) is 0 Å². The molecule has 1 aromatic carbocycles. The van der Waals surface area contributed by atoms with E-state index in [1.54, 1.807) is 22.5 Å². The zero-order valence-corrected chi connectivity index (χ0v) is 13.6. The summed E-state index contributed by atoms with van der Waals surface area (Å²) >= 11 is 0. The average molecular weight is 319 g/mol. The van der Waals surface area contributed by atoms with Gasteiger partial charge < -0.3 is 4.90 Å². The predicted octanol–water partition coefficient (Wildman–Crippen LogP) is 1.66. The van der Waals surface area contributed by atoms with E-state index in [0.717, 1.165) is 19.4 Å². The van der Waals surface area contributed by atoms with Gasteiger partial charge in [0, 0.05) is 25.7 Å². The van der Waals surface area contributed by atoms with Crippen molar-refractivity contribution in [1.29, 1.82) is 5.26 Å². The Morgan fingerprint density at radius 3 is 2.73 bits per heavy atom. The summed E-state index contributed by atoms with van der Waals surface area (Å²) in [6.07, 6.45) is 3.29. The summed E-state index contributed by atoms with van der Waals surface area (Å²) in [5, 5.41) is 9.20. The SMILES string of the molecule is CN1C[C@@H]2CCC[C@H]1CN(S(=O)(=O)c1ccccc1C#N)C2. The Labute approximate surface area is 132 Å². The maximum Gasteiger partial charge on any atom is 0.244 e. The zero-order valence-electron chi connectivity index (χ0n) is 12.8. The lowest BCUT2D eigenvalue weighted by Crippen LogP contribution is -2.42. The number of nitriles is 1. The van der Waals surface area contributed by atoms with Crippen LogP contribution in [-0.2, 0) is 10.0 Å². The molecule has 2 heterocycles. The first-order valence-electron chi connectivity index (χ1n) is 7.72. The van der Waals surface area contributed by atoms with Gasteiger partial charge in [-0.05, 0) is 37.9 Å². The third-order valence-corrected chi connectivity index (χ3v) is 6.71. The standard InChI is InChI=1S/C16H21N3O2S/c1-18-10-13-5-4-7-15(18)12-19(11-13)22(20,21)16-8-3-2-6-14(16)9-17/h2-3,6,8,13,15H,4-5,7,10-12H2,1H3/t13-,15-/m0/s1. The first-order valence-corrected chi connectivity index (χ1v) is 9.16. The molecule has 118 valence electrons. The Morgan fingerprint density at radius 1 is 1.18 bits per heavy atom. The van der Waals surface area contributed by atoms with Crippen LogP contribution < -0.4 is 0 Å². The molecule has 22 heavy (non-hydrogen) atoms. The van der Waals surface area contributed by atoms with Crippen LogP contribution in [0.2, 0.25) is 0 Å². The van der Waals surface area contributed by atoms with E-state index in [-0.39, 0.29) is 16.5 Å². The number of hydrogen-bond acceptors (Lipinski definition) is 4. The molecule has 2 aliphatic rings. The van der Waals surface area contributed by atoms with Gasteiger partial charge >= 0.3 is 0 Å². The highest BCUT2D eigenvalue weighted by molar-refractivity contribution is 7.89. The molecule has 0 aromatic heterocycles. The van der Waals surface area contributed by atoms with Gasteiger partial charge in [-0.25, -0.2) is 8.42 Å². The van der Waals surface area contributed by atoms with Crippen LogP contribution in [0.15, 0.2) is 29.2 Å². The van der Waals surface area contributed by atoms with Crippen LogP contribution in [-0.4, -0.2) is 50.3 Å². The zero-order chi connectivity index (χ0) is 15.7. The normalized spacial score (nSPS) is 27.1. The molecule has 2 atom stereocenters. The number of rotatable bonds is 2. The molecular weight excluding hydrogens is 298 g/mol. The van der Waals surface area contributed by atoms with Crippen LogP contribution in [0.5, 0.6) is 0 Å². The van der Waals surface area contributed by atoms with Gasteiger partial charge in [-0.3, -0.25) is 0 Å². The first-order chi connectivity index (χ1) is 10.5. The van der Waals surface area contributed by atoms with Crippen molar-refractivity contribution >= 4 is 10.0 Å². The van der Waals surface area contributed by atoms with Crippen molar-refractivity contribution in [3.8, 4) is 6.07 Å². The van der Waals surface area contributed by atoms with Gasteiger partial charge in [0.2, 0.25) is 10.0 Å². The molecule has 3 rings (SSSR count). The summed E-state index contributed by atoms with van der Waals surface area (Å²) < 4.78 is 27.6. The van der Waals surface area contributed by atoms with Crippen molar-refractivity contribution < 1.29 is 8.42 Å². The molecule has 0 amide bonds. The minimum atomic E-state index is -3.61. The Kier molecular flexibility index (Phi) is 4.22. The highest BCUT2D eigenvalue weighted by Gasteiger charge is 2.37. The van der Waals surface area contributed by atoms with Crippen molar-refractivity contribution in [2.75, 3.05) is 26.7 Å².